The van der Waals surface area contributed by atoms with Crippen LogP contribution in [0, 0.1) is 0 Å². The largest absolute Gasteiger partial charge is 0.480 e. The van der Waals surface area contributed by atoms with Crippen LogP contribution in [-0.2, 0) is 21.9 Å². The van der Waals surface area contributed by atoms with Crippen LogP contribution >= 0.6 is 35.6 Å². The second-order valence-electron chi connectivity index (χ2n) is 9.41. The Kier molecular flexibility index (Phi) is 9.42. The molecule has 1 amide bonds. The van der Waals surface area contributed by atoms with E-state index in [1.54, 1.807) is 4.90 Å². The first-order chi connectivity index (χ1) is 19.5. The SMILES string of the molecule is O=C(O)CN1CCN(CCN2C(=O)C(=Cc3[nH]c(-c4cc(C(F)(F)F)cc(C(F)(F)F)c4)cc(=O)c3Cl)SC2=S)CC1. The van der Waals surface area contributed by atoms with E-state index in [4.69, 9.17) is 28.9 Å². The van der Waals surface area contributed by atoms with E-state index in [0.717, 1.165) is 17.8 Å². The molecule has 2 aromatic rings. The number of carbonyl (C=O) groups is 2. The van der Waals surface area contributed by atoms with E-state index >= 15 is 0 Å². The predicted molar refractivity (Wildman–Crippen MR) is 148 cm³/mol. The number of aromatic amines is 1. The fourth-order valence-electron chi connectivity index (χ4n) is 4.36. The number of carboxylic acid groups (broad SMARTS) is 1. The summed E-state index contributed by atoms with van der Waals surface area (Å²) in [6, 6.07) is 1.69. The lowest BCUT2D eigenvalue weighted by atomic mass is 10.0. The van der Waals surface area contributed by atoms with Gasteiger partial charge in [0.05, 0.1) is 28.3 Å². The molecule has 2 aliphatic rings. The molecule has 3 heterocycles. The van der Waals surface area contributed by atoms with E-state index in [0.29, 0.717) is 44.9 Å². The fraction of sp³-hybridized carbons (Fsp3) is 0.360. The number of piperazine rings is 1. The van der Waals surface area contributed by atoms with Gasteiger partial charge >= 0.3 is 18.3 Å². The van der Waals surface area contributed by atoms with E-state index in [2.05, 4.69) is 4.98 Å². The molecule has 8 nitrogen and oxygen atoms in total. The minimum absolute atomic E-state index is 0.0280. The first-order valence-electron chi connectivity index (χ1n) is 12.2. The van der Waals surface area contributed by atoms with Gasteiger partial charge in [-0.1, -0.05) is 35.6 Å². The highest BCUT2D eigenvalue weighted by atomic mass is 35.5. The number of carbonyl (C=O) groups excluding carboxylic acids is 1. The number of nitrogens with one attached hydrogen (secondary N) is 1. The van der Waals surface area contributed by atoms with Crippen LogP contribution in [0.2, 0.25) is 5.02 Å². The Morgan fingerprint density at radius 3 is 2.10 bits per heavy atom. The summed E-state index contributed by atoms with van der Waals surface area (Å²) in [5, 5.41) is 8.50. The highest BCUT2D eigenvalue weighted by Gasteiger charge is 2.37. The summed E-state index contributed by atoms with van der Waals surface area (Å²) in [7, 11) is 0. The normalized spacial score (nSPS) is 18.4. The molecule has 2 aliphatic heterocycles. The van der Waals surface area contributed by atoms with Crippen LogP contribution in [0.25, 0.3) is 17.3 Å². The molecule has 0 unspecified atom stereocenters. The summed E-state index contributed by atoms with van der Waals surface area (Å²) in [6.07, 6.45) is -9.01. The molecule has 226 valence electrons. The molecule has 0 atom stereocenters. The lowest BCUT2D eigenvalue weighted by Gasteiger charge is -2.34. The van der Waals surface area contributed by atoms with Crippen LogP contribution in [-0.4, -0.2) is 86.8 Å². The number of rotatable bonds is 7. The molecular weight excluding hydrogens is 634 g/mol. The maximum Gasteiger partial charge on any atom is 0.416 e. The van der Waals surface area contributed by atoms with Gasteiger partial charge in [-0.05, 0) is 29.8 Å². The number of pyridine rings is 1. The Morgan fingerprint density at radius 2 is 1.55 bits per heavy atom. The molecule has 0 saturated carbocycles. The van der Waals surface area contributed by atoms with Gasteiger partial charge < -0.3 is 10.1 Å². The van der Waals surface area contributed by atoms with Gasteiger partial charge in [-0.15, -0.1) is 0 Å². The lowest BCUT2D eigenvalue weighted by Crippen LogP contribution is -2.49. The van der Waals surface area contributed by atoms with Crippen molar-refractivity contribution in [3.05, 3.63) is 61.2 Å². The second-order valence-corrected chi connectivity index (χ2v) is 11.5. The Hall–Kier alpha value is -2.92. The van der Waals surface area contributed by atoms with Gasteiger partial charge in [0, 0.05) is 51.0 Å². The molecule has 0 radical (unpaired) electrons. The topological polar surface area (TPSA) is 96.9 Å². The van der Waals surface area contributed by atoms with E-state index in [1.807, 2.05) is 4.90 Å². The van der Waals surface area contributed by atoms with Crippen LogP contribution in [0.1, 0.15) is 16.8 Å². The molecule has 2 saturated heterocycles. The third-order valence-electron chi connectivity index (χ3n) is 6.51. The van der Waals surface area contributed by atoms with Gasteiger partial charge in [0.25, 0.3) is 5.91 Å². The molecule has 0 aliphatic carbocycles. The number of thiocarbonyl (C=S) groups is 1. The van der Waals surface area contributed by atoms with Crippen LogP contribution < -0.4 is 5.43 Å². The summed E-state index contributed by atoms with van der Waals surface area (Å²) in [6.45, 7) is 2.88. The number of carboxylic acids is 1. The number of halogens is 7. The molecule has 42 heavy (non-hydrogen) atoms. The standard InChI is InChI=1S/C25H21ClF6N4O4S2/c26-21-17(33-16(10-18(21)37)13-7-14(24(27,28)29)9-15(8-13)25(30,31)32)11-19-22(40)36(23(41)42-19)6-5-34-1-3-35(4-2-34)12-20(38)39/h7-11H,1-6,12H2,(H,33,37)(H,38,39). The van der Waals surface area contributed by atoms with Crippen molar-refractivity contribution < 1.29 is 41.0 Å². The van der Waals surface area contributed by atoms with E-state index < -0.39 is 51.4 Å². The van der Waals surface area contributed by atoms with Crippen LogP contribution in [0.15, 0.2) is 34.0 Å². The summed E-state index contributed by atoms with van der Waals surface area (Å²) in [4.78, 5) is 44.3. The number of thioether (sulfide) groups is 1. The minimum Gasteiger partial charge on any atom is -0.480 e. The van der Waals surface area contributed by atoms with E-state index in [-0.39, 0.29) is 39.8 Å². The van der Waals surface area contributed by atoms with Crippen molar-refractivity contribution in [2.75, 3.05) is 45.8 Å². The van der Waals surface area contributed by atoms with Gasteiger partial charge in [0.1, 0.15) is 9.34 Å². The molecule has 1 aromatic carbocycles. The maximum absolute atomic E-state index is 13.4. The number of hydrogen-bond donors (Lipinski definition) is 2. The van der Waals surface area contributed by atoms with Crippen molar-refractivity contribution >= 4 is 57.9 Å². The van der Waals surface area contributed by atoms with Gasteiger partial charge in [-0.2, -0.15) is 26.3 Å². The quantitative estimate of drug-likeness (QED) is 0.254. The van der Waals surface area contributed by atoms with Crippen molar-refractivity contribution in [2.45, 2.75) is 12.4 Å². The molecule has 2 N–H and O–H groups in total. The van der Waals surface area contributed by atoms with Crippen molar-refractivity contribution in [3.8, 4) is 11.3 Å². The Labute approximate surface area is 248 Å². The van der Waals surface area contributed by atoms with Crippen molar-refractivity contribution in [2.24, 2.45) is 0 Å². The number of H-pyrrole nitrogens is 1. The molecule has 1 aromatic heterocycles. The summed E-state index contributed by atoms with van der Waals surface area (Å²) >= 11 is 12.3. The maximum atomic E-state index is 13.4. The highest BCUT2D eigenvalue weighted by molar-refractivity contribution is 8.26. The average Bonchev–Trinajstić information content (AvgIpc) is 3.16. The number of alkyl halides is 6. The van der Waals surface area contributed by atoms with Gasteiger partial charge in [0.2, 0.25) is 5.43 Å². The lowest BCUT2D eigenvalue weighted by molar-refractivity contribution is -0.143. The number of benzene rings is 1. The Morgan fingerprint density at radius 1 is 0.976 bits per heavy atom. The molecule has 2 fully saturated rings. The smallest absolute Gasteiger partial charge is 0.416 e. The zero-order chi connectivity index (χ0) is 31.0. The number of aliphatic carboxylic acids is 1. The Bertz CT molecular complexity index is 1470. The molecule has 4 rings (SSSR count). The highest BCUT2D eigenvalue weighted by Crippen LogP contribution is 2.39. The van der Waals surface area contributed by atoms with Crippen LogP contribution in [0.4, 0.5) is 26.3 Å². The zero-order valence-electron chi connectivity index (χ0n) is 21.3. The van der Waals surface area contributed by atoms with Crippen molar-refractivity contribution in [1.82, 2.24) is 19.7 Å². The summed E-state index contributed by atoms with van der Waals surface area (Å²) in [5.74, 6) is -1.43. The predicted octanol–water partition coefficient (Wildman–Crippen LogP) is 4.64. The molecule has 0 spiro atoms. The van der Waals surface area contributed by atoms with Gasteiger partial charge in [-0.3, -0.25) is 29.1 Å². The van der Waals surface area contributed by atoms with Gasteiger partial charge in [0.15, 0.2) is 0 Å². The molecule has 17 heteroatoms. The number of aromatic nitrogens is 1. The van der Waals surface area contributed by atoms with Crippen molar-refractivity contribution in [3.63, 3.8) is 0 Å². The van der Waals surface area contributed by atoms with Crippen molar-refractivity contribution in [1.29, 1.82) is 0 Å². The van der Waals surface area contributed by atoms with Gasteiger partial charge in [-0.25, -0.2) is 0 Å². The molecular formula is C25H21ClF6N4O4S2. The number of nitrogens with zero attached hydrogens (tertiary/aromatic N) is 3. The minimum atomic E-state index is -5.09. The van der Waals surface area contributed by atoms with E-state index in [9.17, 15) is 40.7 Å². The van der Waals surface area contributed by atoms with Crippen LogP contribution in [0.5, 0.6) is 0 Å². The average molecular weight is 655 g/mol. The first kappa shape index (κ1) is 32.0. The third-order valence-corrected chi connectivity index (χ3v) is 8.28. The van der Waals surface area contributed by atoms with Crippen LogP contribution in [0.3, 0.4) is 0 Å². The second kappa shape index (κ2) is 12.4. The monoisotopic (exact) mass is 654 g/mol. The number of hydrogen-bond acceptors (Lipinski definition) is 7. The summed E-state index contributed by atoms with van der Waals surface area (Å²) in [5.41, 5.74) is -5.13. The Balaban J connectivity index is 1.56. The molecule has 0 bridgehead atoms. The fourth-order valence-corrected chi connectivity index (χ4v) is 5.80. The third kappa shape index (κ3) is 7.53. The van der Waals surface area contributed by atoms with E-state index in [1.165, 1.54) is 11.0 Å². The first-order valence-corrected chi connectivity index (χ1v) is 13.8. The summed E-state index contributed by atoms with van der Waals surface area (Å²) < 4.78 is 80.3. The zero-order valence-corrected chi connectivity index (χ0v) is 23.7. The number of amides is 1.